The van der Waals surface area contributed by atoms with Crippen LogP contribution in [0.3, 0.4) is 0 Å². The first-order valence-corrected chi connectivity index (χ1v) is 5.71. The average Bonchev–Trinajstić information content (AvgIpc) is 2.35. The first-order chi connectivity index (χ1) is 7.97. The van der Waals surface area contributed by atoms with Gasteiger partial charge in [0.25, 0.3) is 11.8 Å². The van der Waals surface area contributed by atoms with Crippen LogP contribution in [0.5, 0.6) is 0 Å². The molecule has 0 unspecified atom stereocenters. The van der Waals surface area contributed by atoms with Gasteiger partial charge in [-0.25, -0.2) is 0 Å². The van der Waals surface area contributed by atoms with Crippen molar-refractivity contribution in [2.45, 2.75) is 26.3 Å². The smallest absolute Gasteiger partial charge is 0.254 e. The molecule has 1 aromatic carbocycles. The fraction of sp³-hybridized carbons (Fsp3) is 0.385. The van der Waals surface area contributed by atoms with Gasteiger partial charge < -0.3 is 10.2 Å². The Morgan fingerprint density at radius 1 is 1.24 bits per heavy atom. The molecule has 0 fully saturated rings. The Morgan fingerprint density at radius 3 is 2.53 bits per heavy atom. The molecule has 2 rings (SSSR count). The highest BCUT2D eigenvalue weighted by atomic mass is 16.2. The highest BCUT2D eigenvalue weighted by Crippen LogP contribution is 2.26. The molecule has 0 saturated heterocycles. The van der Waals surface area contributed by atoms with E-state index in [0.29, 0.717) is 17.8 Å². The minimum Gasteiger partial charge on any atom is -0.338 e. The van der Waals surface area contributed by atoms with Crippen LogP contribution in [0.1, 0.15) is 31.1 Å². The van der Waals surface area contributed by atoms with E-state index in [2.05, 4.69) is 5.32 Å². The summed E-state index contributed by atoms with van der Waals surface area (Å²) in [5.74, 6) is -0.284. The van der Waals surface area contributed by atoms with Crippen molar-refractivity contribution in [3.05, 3.63) is 29.8 Å². The van der Waals surface area contributed by atoms with E-state index in [1.165, 1.54) is 0 Å². The Bertz CT molecular complexity index is 480. The van der Waals surface area contributed by atoms with Crippen LogP contribution in [0.15, 0.2) is 24.3 Å². The van der Waals surface area contributed by atoms with Crippen molar-refractivity contribution in [3.8, 4) is 0 Å². The van der Waals surface area contributed by atoms with Gasteiger partial charge in [-0.3, -0.25) is 9.59 Å². The first kappa shape index (κ1) is 11.6. The fourth-order valence-electron chi connectivity index (χ4n) is 2.07. The lowest BCUT2D eigenvalue weighted by molar-refractivity contribution is -0.123. The summed E-state index contributed by atoms with van der Waals surface area (Å²) >= 11 is 0. The molecule has 0 aromatic heterocycles. The van der Waals surface area contributed by atoms with Gasteiger partial charge in [-0.05, 0) is 32.9 Å². The molecular formula is C13H16N2O2. The molecule has 0 atom stereocenters. The quantitative estimate of drug-likeness (QED) is 0.798. The van der Waals surface area contributed by atoms with Crippen LogP contribution >= 0.6 is 0 Å². The summed E-state index contributed by atoms with van der Waals surface area (Å²) in [6.45, 7) is 5.90. The van der Waals surface area contributed by atoms with Crippen LogP contribution in [0.2, 0.25) is 0 Å². The number of nitrogens with one attached hydrogen (secondary N) is 1. The number of para-hydroxylation sites is 1. The van der Waals surface area contributed by atoms with Crippen LogP contribution in [-0.2, 0) is 4.79 Å². The molecule has 1 aliphatic heterocycles. The Kier molecular flexibility index (Phi) is 2.65. The van der Waals surface area contributed by atoms with Crippen LogP contribution in [-0.4, -0.2) is 23.9 Å². The predicted octanol–water partition coefficient (Wildman–Crippen LogP) is 1.56. The van der Waals surface area contributed by atoms with Crippen molar-refractivity contribution in [2.24, 2.45) is 0 Å². The Morgan fingerprint density at radius 2 is 1.88 bits per heavy atom. The number of likely N-dealkylation sites (N-methyl/N-ethyl adjacent to an activating group) is 1. The third-order valence-corrected chi connectivity index (χ3v) is 2.96. The number of fused-ring (bicyclic) bond motifs is 1. The van der Waals surface area contributed by atoms with Crippen LogP contribution < -0.4 is 10.2 Å². The molecule has 0 bridgehead atoms. The number of hydrogen-bond donors (Lipinski definition) is 1. The number of amides is 2. The normalized spacial score (nSPS) is 18.4. The van der Waals surface area contributed by atoms with Crippen molar-refractivity contribution in [1.29, 1.82) is 0 Å². The largest absolute Gasteiger partial charge is 0.338 e. The van der Waals surface area contributed by atoms with Gasteiger partial charge in [0.15, 0.2) is 0 Å². The van der Waals surface area contributed by atoms with Gasteiger partial charge in [0.2, 0.25) is 0 Å². The van der Waals surface area contributed by atoms with E-state index in [1.54, 1.807) is 36.9 Å². The summed E-state index contributed by atoms with van der Waals surface area (Å²) in [4.78, 5) is 26.0. The van der Waals surface area contributed by atoms with E-state index in [1.807, 2.05) is 13.0 Å². The lowest BCUT2D eigenvalue weighted by Crippen LogP contribution is -2.53. The maximum Gasteiger partial charge on any atom is 0.254 e. The number of hydrogen-bond acceptors (Lipinski definition) is 2. The number of carbonyl (C=O) groups is 2. The minimum atomic E-state index is -0.869. The zero-order valence-electron chi connectivity index (χ0n) is 10.3. The second-order valence-electron chi connectivity index (χ2n) is 4.65. The number of nitrogens with zero attached hydrogens (tertiary/aromatic N) is 1. The van der Waals surface area contributed by atoms with E-state index in [4.69, 9.17) is 0 Å². The topological polar surface area (TPSA) is 49.4 Å². The third-order valence-electron chi connectivity index (χ3n) is 2.96. The Hall–Kier alpha value is -1.84. The van der Waals surface area contributed by atoms with Crippen molar-refractivity contribution in [3.63, 3.8) is 0 Å². The third kappa shape index (κ3) is 1.79. The molecule has 0 radical (unpaired) electrons. The Balaban J connectivity index is 2.62. The van der Waals surface area contributed by atoms with Crippen LogP contribution in [0.4, 0.5) is 5.69 Å². The lowest BCUT2D eigenvalue weighted by Gasteiger charge is -2.28. The summed E-state index contributed by atoms with van der Waals surface area (Å²) in [6.07, 6.45) is 0. The van der Waals surface area contributed by atoms with Crippen LogP contribution in [0, 0.1) is 0 Å². The highest BCUT2D eigenvalue weighted by molar-refractivity contribution is 6.12. The number of rotatable bonds is 1. The first-order valence-electron chi connectivity index (χ1n) is 5.71. The zero-order chi connectivity index (χ0) is 12.6. The van der Waals surface area contributed by atoms with Gasteiger partial charge in [-0.2, -0.15) is 0 Å². The van der Waals surface area contributed by atoms with E-state index < -0.39 is 5.54 Å². The van der Waals surface area contributed by atoms with E-state index in [0.717, 1.165) is 0 Å². The van der Waals surface area contributed by atoms with E-state index in [9.17, 15) is 9.59 Å². The number of carbonyl (C=O) groups excluding carboxylic acids is 2. The summed E-state index contributed by atoms with van der Waals surface area (Å²) in [6, 6.07) is 7.18. The second-order valence-corrected chi connectivity index (χ2v) is 4.65. The molecule has 2 amide bonds. The van der Waals surface area contributed by atoms with Crippen molar-refractivity contribution in [2.75, 3.05) is 11.4 Å². The van der Waals surface area contributed by atoms with Gasteiger partial charge in [-0.1, -0.05) is 12.1 Å². The van der Waals surface area contributed by atoms with Crippen molar-refractivity contribution < 1.29 is 9.59 Å². The molecule has 0 saturated carbocycles. The van der Waals surface area contributed by atoms with Crippen LogP contribution in [0.25, 0.3) is 0 Å². The maximum atomic E-state index is 12.3. The van der Waals surface area contributed by atoms with Gasteiger partial charge in [0.05, 0.1) is 11.3 Å². The summed E-state index contributed by atoms with van der Waals surface area (Å²) in [7, 11) is 0. The van der Waals surface area contributed by atoms with Crippen molar-refractivity contribution >= 4 is 17.5 Å². The molecule has 1 N–H and O–H groups in total. The number of benzene rings is 1. The molecule has 4 nitrogen and oxygen atoms in total. The zero-order valence-corrected chi connectivity index (χ0v) is 10.3. The fourth-order valence-corrected chi connectivity index (χ4v) is 2.07. The predicted molar refractivity (Wildman–Crippen MR) is 66.0 cm³/mol. The van der Waals surface area contributed by atoms with E-state index in [-0.39, 0.29) is 11.8 Å². The molecule has 1 aromatic rings. The molecule has 0 spiro atoms. The average molecular weight is 232 g/mol. The van der Waals surface area contributed by atoms with Gasteiger partial charge in [0.1, 0.15) is 5.54 Å². The molecule has 17 heavy (non-hydrogen) atoms. The van der Waals surface area contributed by atoms with E-state index >= 15 is 0 Å². The van der Waals surface area contributed by atoms with Gasteiger partial charge in [0, 0.05) is 6.54 Å². The number of anilines is 1. The summed E-state index contributed by atoms with van der Waals surface area (Å²) < 4.78 is 0. The molecule has 90 valence electrons. The molecule has 4 heteroatoms. The SMILES string of the molecule is CCN1C(=O)C(C)(C)NC(=O)c2ccccc21. The highest BCUT2D eigenvalue weighted by Gasteiger charge is 2.38. The standard InChI is InChI=1S/C13H16N2O2/c1-4-15-10-8-6-5-7-9(10)11(16)14-13(2,3)12(15)17/h5-8H,4H2,1-3H3,(H,14,16). The van der Waals surface area contributed by atoms with Gasteiger partial charge in [-0.15, -0.1) is 0 Å². The second kappa shape index (κ2) is 3.87. The summed E-state index contributed by atoms with van der Waals surface area (Å²) in [5.41, 5.74) is 0.364. The maximum absolute atomic E-state index is 12.3. The van der Waals surface area contributed by atoms with Gasteiger partial charge >= 0.3 is 0 Å². The Labute approximate surface area is 101 Å². The molecule has 1 aliphatic rings. The molecule has 1 heterocycles. The molecule has 0 aliphatic carbocycles. The lowest BCUT2D eigenvalue weighted by atomic mass is 10.0. The molecular weight excluding hydrogens is 216 g/mol. The summed E-state index contributed by atoms with van der Waals surface area (Å²) in [5, 5.41) is 2.76. The monoisotopic (exact) mass is 232 g/mol. The van der Waals surface area contributed by atoms with Crippen molar-refractivity contribution in [1.82, 2.24) is 5.32 Å². The minimum absolute atomic E-state index is 0.0849.